The molecule has 3 N–H and O–H groups in total. The lowest BCUT2D eigenvalue weighted by atomic mass is 10.3. The number of aryl methyl sites for hydroxylation is 1. The average Bonchev–Trinajstić information content (AvgIpc) is 2.65. The van der Waals surface area contributed by atoms with Gasteiger partial charge in [0.1, 0.15) is 22.8 Å². The molecule has 8 nitrogen and oxygen atoms in total. The van der Waals surface area contributed by atoms with Crippen molar-refractivity contribution in [3.05, 3.63) is 10.9 Å². The standard InChI is InChI=1S/C10H13BrN6O2/c1-17-10-6(7(11)16-17)9(13-4-14-10)15-5(3-19-2)8(12)18/h4-5H,3H2,1-2H3,(H2,12,18)(H,13,14,15). The van der Waals surface area contributed by atoms with Crippen LogP contribution < -0.4 is 11.1 Å². The smallest absolute Gasteiger partial charge is 0.242 e. The first-order chi connectivity index (χ1) is 9.04. The number of ether oxygens (including phenoxy) is 1. The summed E-state index contributed by atoms with van der Waals surface area (Å²) in [6.45, 7) is 0.151. The van der Waals surface area contributed by atoms with Gasteiger partial charge in [0.15, 0.2) is 5.65 Å². The highest BCUT2D eigenvalue weighted by Gasteiger charge is 2.19. The van der Waals surface area contributed by atoms with Crippen LogP contribution in [0.1, 0.15) is 0 Å². The maximum absolute atomic E-state index is 11.3. The molecule has 1 atom stereocenters. The zero-order valence-electron chi connectivity index (χ0n) is 10.4. The van der Waals surface area contributed by atoms with Gasteiger partial charge in [0.25, 0.3) is 0 Å². The highest BCUT2D eigenvalue weighted by Crippen LogP contribution is 2.27. The van der Waals surface area contributed by atoms with E-state index in [9.17, 15) is 4.79 Å². The Hall–Kier alpha value is -1.74. The van der Waals surface area contributed by atoms with Crippen LogP contribution in [-0.4, -0.2) is 45.4 Å². The van der Waals surface area contributed by atoms with Crippen molar-refractivity contribution in [2.75, 3.05) is 19.0 Å². The second kappa shape index (κ2) is 5.49. The molecule has 2 rings (SSSR count). The third kappa shape index (κ3) is 2.66. The topological polar surface area (TPSA) is 108 Å². The Morgan fingerprint density at radius 3 is 3.00 bits per heavy atom. The lowest BCUT2D eigenvalue weighted by Gasteiger charge is -2.15. The molecule has 0 saturated carbocycles. The van der Waals surface area contributed by atoms with Crippen LogP contribution in [0.3, 0.4) is 0 Å². The monoisotopic (exact) mass is 328 g/mol. The number of anilines is 1. The van der Waals surface area contributed by atoms with Gasteiger partial charge >= 0.3 is 0 Å². The number of rotatable bonds is 5. The van der Waals surface area contributed by atoms with Gasteiger partial charge in [0.2, 0.25) is 5.91 Å². The van der Waals surface area contributed by atoms with Crippen molar-refractivity contribution in [1.82, 2.24) is 19.7 Å². The highest BCUT2D eigenvalue weighted by atomic mass is 79.9. The fraction of sp³-hybridized carbons (Fsp3) is 0.400. The Balaban J connectivity index is 2.42. The fourth-order valence-electron chi connectivity index (χ4n) is 1.68. The van der Waals surface area contributed by atoms with Crippen molar-refractivity contribution in [1.29, 1.82) is 0 Å². The summed E-state index contributed by atoms with van der Waals surface area (Å²) >= 11 is 3.34. The first kappa shape index (κ1) is 13.7. The molecule has 0 aliphatic heterocycles. The van der Waals surface area contributed by atoms with Crippen LogP contribution in [0.15, 0.2) is 10.9 Å². The van der Waals surface area contributed by atoms with Gasteiger partial charge in [-0.15, -0.1) is 0 Å². The van der Waals surface area contributed by atoms with Gasteiger partial charge in [-0.3, -0.25) is 4.79 Å². The SMILES string of the molecule is COCC(Nc1ncnc2c1c(Br)nn2C)C(N)=O. The Morgan fingerprint density at radius 1 is 1.63 bits per heavy atom. The minimum absolute atomic E-state index is 0.151. The number of nitrogens with one attached hydrogen (secondary N) is 1. The Bertz CT molecular complexity index is 613. The molecule has 1 amide bonds. The quantitative estimate of drug-likeness (QED) is 0.802. The maximum Gasteiger partial charge on any atom is 0.242 e. The predicted octanol–water partition coefficient (Wildman–Crippen LogP) is 0.0380. The largest absolute Gasteiger partial charge is 0.382 e. The molecule has 9 heteroatoms. The van der Waals surface area contributed by atoms with Gasteiger partial charge in [0, 0.05) is 14.2 Å². The van der Waals surface area contributed by atoms with E-state index in [1.165, 1.54) is 13.4 Å². The normalized spacial score (nSPS) is 12.6. The first-order valence-electron chi connectivity index (χ1n) is 5.42. The van der Waals surface area contributed by atoms with Crippen LogP contribution in [-0.2, 0) is 16.6 Å². The van der Waals surface area contributed by atoms with Crippen molar-refractivity contribution < 1.29 is 9.53 Å². The molecule has 0 saturated heterocycles. The van der Waals surface area contributed by atoms with E-state index in [1.54, 1.807) is 11.7 Å². The summed E-state index contributed by atoms with van der Waals surface area (Å²) in [5, 5.41) is 7.82. The zero-order chi connectivity index (χ0) is 14.0. The van der Waals surface area contributed by atoms with Crippen LogP contribution >= 0.6 is 15.9 Å². The van der Waals surface area contributed by atoms with Crippen molar-refractivity contribution >= 4 is 38.7 Å². The van der Waals surface area contributed by atoms with E-state index in [1.807, 2.05) is 0 Å². The van der Waals surface area contributed by atoms with E-state index in [0.717, 1.165) is 0 Å². The minimum atomic E-state index is -0.671. The molecule has 0 aliphatic rings. The molecule has 0 spiro atoms. The van der Waals surface area contributed by atoms with Gasteiger partial charge in [-0.05, 0) is 15.9 Å². The Labute approximate surface area is 117 Å². The van der Waals surface area contributed by atoms with Crippen molar-refractivity contribution in [3.63, 3.8) is 0 Å². The Kier molecular flexibility index (Phi) is 3.96. The Morgan fingerprint density at radius 2 is 2.37 bits per heavy atom. The van der Waals surface area contributed by atoms with Crippen LogP contribution in [0.4, 0.5) is 5.82 Å². The van der Waals surface area contributed by atoms with Crippen LogP contribution in [0.2, 0.25) is 0 Å². The third-order valence-electron chi connectivity index (χ3n) is 2.57. The molecule has 0 radical (unpaired) electrons. The van der Waals surface area contributed by atoms with Crippen LogP contribution in [0.5, 0.6) is 0 Å². The number of amides is 1. The predicted molar refractivity (Wildman–Crippen MR) is 72.5 cm³/mol. The number of aromatic nitrogens is 4. The van der Waals surface area contributed by atoms with Crippen LogP contribution in [0, 0.1) is 0 Å². The summed E-state index contributed by atoms with van der Waals surface area (Å²) in [7, 11) is 3.26. The molecule has 102 valence electrons. The lowest BCUT2D eigenvalue weighted by Crippen LogP contribution is -2.39. The number of primary amides is 1. The molecule has 0 fully saturated rings. The molecular formula is C10H13BrN6O2. The van der Waals surface area contributed by atoms with E-state index in [4.69, 9.17) is 10.5 Å². The summed E-state index contributed by atoms with van der Waals surface area (Å²) in [6.07, 6.45) is 1.39. The molecule has 0 bridgehead atoms. The second-order valence-electron chi connectivity index (χ2n) is 3.89. The molecule has 2 aromatic rings. The second-order valence-corrected chi connectivity index (χ2v) is 4.64. The average molecular weight is 329 g/mol. The van der Waals surface area contributed by atoms with E-state index >= 15 is 0 Å². The molecule has 2 aromatic heterocycles. The maximum atomic E-state index is 11.3. The highest BCUT2D eigenvalue weighted by molar-refractivity contribution is 9.10. The number of carbonyl (C=O) groups is 1. The van der Waals surface area contributed by atoms with E-state index in [2.05, 4.69) is 36.3 Å². The molecular weight excluding hydrogens is 316 g/mol. The zero-order valence-corrected chi connectivity index (χ0v) is 12.0. The summed E-state index contributed by atoms with van der Waals surface area (Å²) in [5.41, 5.74) is 5.94. The third-order valence-corrected chi connectivity index (χ3v) is 3.12. The van der Waals surface area contributed by atoms with E-state index < -0.39 is 11.9 Å². The number of hydrogen-bond donors (Lipinski definition) is 2. The molecule has 2 heterocycles. The van der Waals surface area contributed by atoms with Gasteiger partial charge in [-0.25, -0.2) is 14.6 Å². The molecule has 19 heavy (non-hydrogen) atoms. The first-order valence-corrected chi connectivity index (χ1v) is 6.22. The lowest BCUT2D eigenvalue weighted by molar-refractivity contribution is -0.119. The summed E-state index contributed by atoms with van der Waals surface area (Å²) < 4.78 is 7.15. The summed E-state index contributed by atoms with van der Waals surface area (Å²) in [4.78, 5) is 19.6. The fourth-order valence-corrected chi connectivity index (χ4v) is 2.28. The number of methoxy groups -OCH3 is 1. The van der Waals surface area contributed by atoms with Gasteiger partial charge in [0.05, 0.1) is 12.0 Å². The number of halogens is 1. The molecule has 1 unspecified atom stereocenters. The minimum Gasteiger partial charge on any atom is -0.382 e. The molecule has 0 aliphatic carbocycles. The van der Waals surface area contributed by atoms with Crippen molar-refractivity contribution in [2.24, 2.45) is 12.8 Å². The van der Waals surface area contributed by atoms with Gasteiger partial charge in [-0.1, -0.05) is 0 Å². The van der Waals surface area contributed by atoms with E-state index in [-0.39, 0.29) is 6.61 Å². The van der Waals surface area contributed by atoms with E-state index in [0.29, 0.717) is 21.5 Å². The number of carbonyl (C=O) groups excluding carboxylic acids is 1. The summed E-state index contributed by atoms with van der Waals surface area (Å²) in [6, 6.07) is -0.671. The van der Waals surface area contributed by atoms with Gasteiger partial charge in [-0.2, -0.15) is 5.10 Å². The van der Waals surface area contributed by atoms with Gasteiger partial charge < -0.3 is 15.8 Å². The van der Waals surface area contributed by atoms with Crippen molar-refractivity contribution in [2.45, 2.75) is 6.04 Å². The number of nitrogens with zero attached hydrogens (tertiary/aromatic N) is 4. The number of fused-ring (bicyclic) bond motifs is 1. The number of nitrogens with two attached hydrogens (primary N) is 1. The summed E-state index contributed by atoms with van der Waals surface area (Å²) in [5.74, 6) is -0.0422. The van der Waals surface area contributed by atoms with Crippen LogP contribution in [0.25, 0.3) is 11.0 Å². The molecule has 0 aromatic carbocycles. The van der Waals surface area contributed by atoms with Crippen molar-refractivity contribution in [3.8, 4) is 0 Å². The number of hydrogen-bond acceptors (Lipinski definition) is 6.